The lowest BCUT2D eigenvalue weighted by molar-refractivity contribution is -0.116. The maximum absolute atomic E-state index is 12.1. The van der Waals surface area contributed by atoms with Crippen LogP contribution in [0.25, 0.3) is 0 Å². The second-order valence-corrected chi connectivity index (χ2v) is 6.63. The number of rotatable bonds is 6. The molecule has 0 aromatic heterocycles. The Morgan fingerprint density at radius 1 is 1.00 bits per heavy atom. The van der Waals surface area contributed by atoms with Crippen LogP contribution in [0.2, 0.25) is 5.02 Å². The molecule has 22 heavy (non-hydrogen) atoms. The number of hydrogen-bond acceptors (Lipinski definition) is 3. The van der Waals surface area contributed by atoms with Crippen molar-refractivity contribution in [3.8, 4) is 0 Å². The summed E-state index contributed by atoms with van der Waals surface area (Å²) in [6, 6.07) is 15.1. The monoisotopic (exact) mass is 338 g/mol. The summed E-state index contributed by atoms with van der Waals surface area (Å²) in [5.74, 6) is -0.270. The molecule has 0 spiro atoms. The molecule has 5 nitrogen and oxygen atoms in total. The van der Waals surface area contributed by atoms with Crippen LogP contribution in [0.1, 0.15) is 6.42 Å². The Labute approximate surface area is 134 Å². The zero-order chi connectivity index (χ0) is 16.0. The maximum Gasteiger partial charge on any atom is 0.242 e. The summed E-state index contributed by atoms with van der Waals surface area (Å²) >= 11 is 5.86. The Balaban J connectivity index is 1.88. The Morgan fingerprint density at radius 2 is 1.64 bits per heavy atom. The normalized spacial score (nSPS) is 11.1. The molecule has 0 aliphatic rings. The Kier molecular flexibility index (Phi) is 5.54. The average molecular weight is 339 g/mol. The lowest BCUT2D eigenvalue weighted by Gasteiger charge is -2.08. The van der Waals surface area contributed by atoms with E-state index in [9.17, 15) is 13.2 Å². The highest BCUT2D eigenvalue weighted by molar-refractivity contribution is 7.89. The van der Waals surface area contributed by atoms with Gasteiger partial charge in [-0.15, -0.1) is 0 Å². The number of halogens is 1. The average Bonchev–Trinajstić information content (AvgIpc) is 2.48. The molecule has 116 valence electrons. The lowest BCUT2D eigenvalue weighted by atomic mass is 10.3. The van der Waals surface area contributed by atoms with Crippen molar-refractivity contribution in [1.29, 1.82) is 0 Å². The van der Waals surface area contributed by atoms with Crippen molar-refractivity contribution in [2.45, 2.75) is 11.3 Å². The molecule has 0 atom stereocenters. The van der Waals surface area contributed by atoms with Gasteiger partial charge < -0.3 is 5.32 Å². The van der Waals surface area contributed by atoms with Gasteiger partial charge in [0.25, 0.3) is 0 Å². The third kappa shape index (κ3) is 4.56. The van der Waals surface area contributed by atoms with Gasteiger partial charge in [-0.2, -0.15) is 0 Å². The fraction of sp³-hybridized carbons (Fsp3) is 0.133. The Morgan fingerprint density at radius 3 is 2.32 bits per heavy atom. The summed E-state index contributed by atoms with van der Waals surface area (Å²) in [5.41, 5.74) is 0.668. The van der Waals surface area contributed by atoms with Crippen LogP contribution in [0.5, 0.6) is 0 Å². The summed E-state index contributed by atoms with van der Waals surface area (Å²) in [6.45, 7) is -0.00771. The van der Waals surface area contributed by atoms with Crippen molar-refractivity contribution in [3.05, 3.63) is 59.6 Å². The van der Waals surface area contributed by atoms with Gasteiger partial charge in [0.1, 0.15) is 4.90 Å². The predicted molar refractivity (Wildman–Crippen MR) is 86.3 cm³/mol. The summed E-state index contributed by atoms with van der Waals surface area (Å²) < 4.78 is 26.5. The molecule has 2 aromatic rings. The van der Waals surface area contributed by atoms with E-state index in [1.165, 1.54) is 12.1 Å². The van der Waals surface area contributed by atoms with Crippen LogP contribution in [-0.4, -0.2) is 20.9 Å². The van der Waals surface area contributed by atoms with E-state index in [4.69, 9.17) is 11.6 Å². The van der Waals surface area contributed by atoms with E-state index in [2.05, 4.69) is 10.0 Å². The first-order valence-electron chi connectivity index (χ1n) is 6.58. The van der Waals surface area contributed by atoms with Crippen molar-refractivity contribution in [2.75, 3.05) is 11.9 Å². The van der Waals surface area contributed by atoms with Crippen LogP contribution >= 0.6 is 11.6 Å². The molecule has 0 saturated heterocycles. The zero-order valence-corrected chi connectivity index (χ0v) is 13.2. The second kappa shape index (κ2) is 7.40. The number of nitrogens with one attached hydrogen (secondary N) is 2. The molecule has 0 aliphatic carbocycles. The summed E-state index contributed by atoms with van der Waals surface area (Å²) in [6.07, 6.45) is 0.0264. The number of sulfonamides is 1. The van der Waals surface area contributed by atoms with Gasteiger partial charge in [-0.1, -0.05) is 41.9 Å². The van der Waals surface area contributed by atoms with E-state index in [1.807, 2.05) is 6.07 Å². The molecule has 0 aliphatic heterocycles. The number of amides is 1. The van der Waals surface area contributed by atoms with Crippen molar-refractivity contribution in [1.82, 2.24) is 4.72 Å². The molecule has 0 saturated carbocycles. The van der Waals surface area contributed by atoms with Crippen molar-refractivity contribution < 1.29 is 13.2 Å². The van der Waals surface area contributed by atoms with E-state index in [0.29, 0.717) is 5.69 Å². The van der Waals surface area contributed by atoms with Crippen LogP contribution in [0.4, 0.5) is 5.69 Å². The van der Waals surface area contributed by atoms with E-state index in [-0.39, 0.29) is 28.8 Å². The number of carbonyl (C=O) groups is 1. The quantitative estimate of drug-likeness (QED) is 0.850. The summed E-state index contributed by atoms with van der Waals surface area (Å²) in [5, 5.41) is 2.82. The molecular formula is C15H15ClN2O3S. The van der Waals surface area contributed by atoms with Crippen molar-refractivity contribution in [2.24, 2.45) is 0 Å². The van der Waals surface area contributed by atoms with Gasteiger partial charge in [0.05, 0.1) is 5.02 Å². The minimum Gasteiger partial charge on any atom is -0.326 e. The first kappa shape index (κ1) is 16.5. The topological polar surface area (TPSA) is 75.3 Å². The fourth-order valence-corrected chi connectivity index (χ4v) is 3.33. The second-order valence-electron chi connectivity index (χ2n) is 4.49. The molecule has 0 fully saturated rings. The molecule has 0 bridgehead atoms. The SMILES string of the molecule is O=C(CCNS(=O)(=O)c1ccccc1Cl)Nc1ccccc1. The molecule has 2 N–H and O–H groups in total. The fourth-order valence-electron chi connectivity index (χ4n) is 1.78. The zero-order valence-electron chi connectivity index (χ0n) is 11.6. The minimum atomic E-state index is -3.72. The first-order valence-corrected chi connectivity index (χ1v) is 8.44. The third-order valence-corrected chi connectivity index (χ3v) is 4.79. The van der Waals surface area contributed by atoms with E-state index in [1.54, 1.807) is 36.4 Å². The van der Waals surface area contributed by atoms with Crippen LogP contribution in [0, 0.1) is 0 Å². The molecule has 7 heteroatoms. The maximum atomic E-state index is 12.1. The van der Waals surface area contributed by atoms with Gasteiger partial charge in [0, 0.05) is 18.7 Å². The van der Waals surface area contributed by atoms with Gasteiger partial charge in [-0.05, 0) is 24.3 Å². The summed E-state index contributed by atoms with van der Waals surface area (Å²) in [4.78, 5) is 11.7. The van der Waals surface area contributed by atoms with E-state index >= 15 is 0 Å². The van der Waals surface area contributed by atoms with Gasteiger partial charge in [0.2, 0.25) is 15.9 Å². The van der Waals surface area contributed by atoms with Crippen molar-refractivity contribution >= 4 is 33.2 Å². The molecule has 0 unspecified atom stereocenters. The smallest absolute Gasteiger partial charge is 0.242 e. The summed E-state index contributed by atoms with van der Waals surface area (Å²) in [7, 11) is -3.72. The Bertz CT molecular complexity index is 748. The number of benzene rings is 2. The highest BCUT2D eigenvalue weighted by Crippen LogP contribution is 2.19. The highest BCUT2D eigenvalue weighted by Gasteiger charge is 2.17. The minimum absolute atomic E-state index is 0.000124. The highest BCUT2D eigenvalue weighted by atomic mass is 35.5. The number of para-hydroxylation sites is 1. The largest absolute Gasteiger partial charge is 0.326 e. The van der Waals surface area contributed by atoms with Gasteiger partial charge in [0.15, 0.2) is 0 Å². The molecule has 2 aromatic carbocycles. The van der Waals surface area contributed by atoms with E-state index in [0.717, 1.165) is 0 Å². The van der Waals surface area contributed by atoms with Gasteiger partial charge >= 0.3 is 0 Å². The molecular weight excluding hydrogens is 324 g/mol. The molecule has 1 amide bonds. The Hall–Kier alpha value is -1.89. The predicted octanol–water partition coefficient (Wildman–Crippen LogP) is 2.65. The van der Waals surface area contributed by atoms with Crippen LogP contribution < -0.4 is 10.0 Å². The molecule has 2 rings (SSSR count). The molecule has 0 radical (unpaired) electrons. The standard InChI is InChI=1S/C15H15ClN2O3S/c16-13-8-4-5-9-14(13)22(20,21)17-11-10-15(19)18-12-6-2-1-3-7-12/h1-9,17H,10-11H2,(H,18,19). The lowest BCUT2D eigenvalue weighted by Crippen LogP contribution is -2.28. The van der Waals surface area contributed by atoms with E-state index < -0.39 is 10.0 Å². The van der Waals surface area contributed by atoms with Gasteiger partial charge in [-0.25, -0.2) is 13.1 Å². The number of anilines is 1. The van der Waals surface area contributed by atoms with Crippen molar-refractivity contribution in [3.63, 3.8) is 0 Å². The van der Waals surface area contributed by atoms with Crippen LogP contribution in [0.15, 0.2) is 59.5 Å². The van der Waals surface area contributed by atoms with Crippen LogP contribution in [0.3, 0.4) is 0 Å². The third-order valence-electron chi connectivity index (χ3n) is 2.83. The van der Waals surface area contributed by atoms with Crippen LogP contribution in [-0.2, 0) is 14.8 Å². The van der Waals surface area contributed by atoms with Gasteiger partial charge in [-0.3, -0.25) is 4.79 Å². The first-order chi connectivity index (χ1) is 10.5. The molecule has 0 heterocycles. The number of carbonyl (C=O) groups excluding carboxylic acids is 1. The number of hydrogen-bond donors (Lipinski definition) is 2.